The van der Waals surface area contributed by atoms with Crippen molar-refractivity contribution < 1.29 is 0 Å². The molecule has 1 atom stereocenters. The lowest BCUT2D eigenvalue weighted by molar-refractivity contribution is 0.276. The summed E-state index contributed by atoms with van der Waals surface area (Å²) in [7, 11) is 0. The molecule has 2 fully saturated rings. The van der Waals surface area contributed by atoms with Crippen LogP contribution in [0, 0.1) is 5.41 Å². The number of halogens is 1. The van der Waals surface area contributed by atoms with Crippen LogP contribution in [0.15, 0.2) is 6.20 Å². The fraction of sp³-hybridized carbons (Fsp3) is 0.786. The van der Waals surface area contributed by atoms with E-state index in [2.05, 4.69) is 23.0 Å². The molecular formula is C14H24ClN3S. The van der Waals surface area contributed by atoms with Crippen LogP contribution in [0.2, 0.25) is 0 Å². The third-order valence-electron chi connectivity index (χ3n) is 4.54. The zero-order valence-corrected chi connectivity index (χ0v) is 13.2. The first-order valence-electron chi connectivity index (χ1n) is 7.06. The maximum atomic E-state index is 5.86. The molecule has 2 N–H and O–H groups in total. The van der Waals surface area contributed by atoms with Crippen LogP contribution in [0.25, 0.3) is 0 Å². The van der Waals surface area contributed by atoms with Crippen LogP contribution in [-0.2, 0) is 6.54 Å². The fourth-order valence-corrected chi connectivity index (χ4v) is 4.02. The number of aromatic nitrogens is 1. The van der Waals surface area contributed by atoms with Gasteiger partial charge in [-0.1, -0.05) is 13.3 Å². The van der Waals surface area contributed by atoms with Gasteiger partial charge in [0.25, 0.3) is 0 Å². The molecule has 1 aliphatic carbocycles. The Morgan fingerprint density at radius 1 is 1.53 bits per heavy atom. The number of rotatable bonds is 4. The largest absolute Gasteiger partial charge is 0.330 e. The number of likely N-dealkylation sites (tertiary alicyclic amines) is 1. The fourth-order valence-electron chi connectivity index (χ4n) is 2.89. The first-order valence-corrected chi connectivity index (χ1v) is 7.87. The molecule has 108 valence electrons. The molecule has 0 spiro atoms. The van der Waals surface area contributed by atoms with Crippen LogP contribution in [0.4, 0.5) is 0 Å². The number of thiazole rings is 1. The van der Waals surface area contributed by atoms with E-state index < -0.39 is 0 Å². The van der Waals surface area contributed by atoms with Crippen molar-refractivity contribution in [2.75, 3.05) is 19.6 Å². The molecule has 0 aromatic carbocycles. The number of hydrogen-bond acceptors (Lipinski definition) is 4. The van der Waals surface area contributed by atoms with Gasteiger partial charge in [0.15, 0.2) is 0 Å². The summed E-state index contributed by atoms with van der Waals surface area (Å²) in [5, 5.41) is 1.37. The summed E-state index contributed by atoms with van der Waals surface area (Å²) in [6.45, 7) is 6.50. The predicted octanol–water partition coefficient (Wildman–Crippen LogP) is 3.00. The summed E-state index contributed by atoms with van der Waals surface area (Å²) in [6, 6.07) is 0. The first kappa shape index (κ1) is 15.2. The van der Waals surface area contributed by atoms with E-state index in [1.165, 1.54) is 42.1 Å². The first-order chi connectivity index (χ1) is 8.68. The zero-order chi connectivity index (χ0) is 12.6. The molecule has 1 aromatic rings. The van der Waals surface area contributed by atoms with E-state index in [0.717, 1.165) is 25.6 Å². The van der Waals surface area contributed by atoms with Gasteiger partial charge in [0.1, 0.15) is 0 Å². The topological polar surface area (TPSA) is 42.1 Å². The molecule has 19 heavy (non-hydrogen) atoms. The zero-order valence-electron chi connectivity index (χ0n) is 11.6. The van der Waals surface area contributed by atoms with Crippen molar-refractivity contribution >= 4 is 23.7 Å². The second-order valence-electron chi connectivity index (χ2n) is 6.27. The predicted molar refractivity (Wildman–Crippen MR) is 83.0 cm³/mol. The average molecular weight is 302 g/mol. The highest BCUT2D eigenvalue weighted by molar-refractivity contribution is 7.11. The Morgan fingerprint density at radius 2 is 2.32 bits per heavy atom. The Kier molecular flexibility index (Phi) is 4.88. The van der Waals surface area contributed by atoms with Gasteiger partial charge in [0, 0.05) is 30.1 Å². The molecular weight excluding hydrogens is 278 g/mol. The third-order valence-corrected chi connectivity index (χ3v) is 5.68. The lowest BCUT2D eigenvalue weighted by atomic mass is 9.86. The van der Waals surface area contributed by atoms with E-state index >= 15 is 0 Å². The van der Waals surface area contributed by atoms with Gasteiger partial charge in [-0.3, -0.25) is 4.90 Å². The highest BCUT2D eigenvalue weighted by Gasteiger charge is 2.32. The van der Waals surface area contributed by atoms with E-state index in [9.17, 15) is 0 Å². The highest BCUT2D eigenvalue weighted by atomic mass is 35.5. The summed E-state index contributed by atoms with van der Waals surface area (Å²) in [6.07, 6.45) is 7.42. The molecule has 0 amide bonds. The van der Waals surface area contributed by atoms with Gasteiger partial charge in [-0.15, -0.1) is 23.7 Å². The smallest absolute Gasteiger partial charge is 0.0959 e. The molecule has 1 aliphatic heterocycles. The van der Waals surface area contributed by atoms with Gasteiger partial charge in [0.2, 0.25) is 0 Å². The van der Waals surface area contributed by atoms with Crippen molar-refractivity contribution in [1.29, 1.82) is 0 Å². The van der Waals surface area contributed by atoms with Crippen LogP contribution in [0.5, 0.6) is 0 Å². The minimum atomic E-state index is 0. The van der Waals surface area contributed by atoms with Crippen molar-refractivity contribution in [3.8, 4) is 0 Å². The van der Waals surface area contributed by atoms with Gasteiger partial charge in [-0.2, -0.15) is 0 Å². The van der Waals surface area contributed by atoms with Crippen LogP contribution in [0.3, 0.4) is 0 Å². The molecule has 1 saturated heterocycles. The van der Waals surface area contributed by atoms with Crippen molar-refractivity contribution in [1.82, 2.24) is 9.88 Å². The molecule has 0 bridgehead atoms. The second-order valence-corrected chi connectivity index (χ2v) is 7.41. The monoisotopic (exact) mass is 301 g/mol. The van der Waals surface area contributed by atoms with E-state index in [-0.39, 0.29) is 12.4 Å². The summed E-state index contributed by atoms with van der Waals surface area (Å²) >= 11 is 1.93. The number of hydrogen-bond donors (Lipinski definition) is 1. The highest BCUT2D eigenvalue weighted by Crippen LogP contribution is 2.38. The maximum Gasteiger partial charge on any atom is 0.0959 e. The minimum absolute atomic E-state index is 0. The lowest BCUT2D eigenvalue weighted by Gasteiger charge is -2.23. The number of nitrogens with two attached hydrogens (primary N) is 1. The average Bonchev–Trinajstić information content (AvgIpc) is 2.86. The normalized spacial score (nSPS) is 28.1. The second kappa shape index (κ2) is 6.08. The summed E-state index contributed by atoms with van der Waals surface area (Å²) < 4.78 is 0. The van der Waals surface area contributed by atoms with Crippen LogP contribution in [-0.4, -0.2) is 29.5 Å². The molecule has 5 heteroatoms. The molecule has 2 aliphatic rings. The molecule has 0 radical (unpaired) electrons. The van der Waals surface area contributed by atoms with Gasteiger partial charge in [-0.25, -0.2) is 4.98 Å². The van der Waals surface area contributed by atoms with Crippen molar-refractivity contribution in [3.63, 3.8) is 0 Å². The van der Waals surface area contributed by atoms with Crippen molar-refractivity contribution in [2.45, 2.75) is 45.1 Å². The molecule has 1 saturated carbocycles. The van der Waals surface area contributed by atoms with Crippen LogP contribution < -0.4 is 5.73 Å². The Labute approximate surface area is 126 Å². The Balaban J connectivity index is 0.00000133. The maximum absolute atomic E-state index is 5.86. The lowest BCUT2D eigenvalue weighted by Crippen LogP contribution is -2.30. The molecule has 3 rings (SSSR count). The van der Waals surface area contributed by atoms with E-state index in [1.54, 1.807) is 0 Å². The van der Waals surface area contributed by atoms with E-state index in [1.807, 2.05) is 11.3 Å². The van der Waals surface area contributed by atoms with E-state index in [0.29, 0.717) is 5.41 Å². The Morgan fingerprint density at radius 3 is 2.89 bits per heavy atom. The van der Waals surface area contributed by atoms with Gasteiger partial charge < -0.3 is 5.73 Å². The standard InChI is InChI=1S/C14H23N3S.ClH/c1-14(9-15)5-6-17(10-14)8-12-7-16-13(18-12)11-3-2-4-11;/h7,11H,2-6,8-10,15H2,1H3;1H. The molecule has 1 unspecified atom stereocenters. The van der Waals surface area contributed by atoms with Gasteiger partial charge >= 0.3 is 0 Å². The Bertz CT molecular complexity index is 419. The summed E-state index contributed by atoms with van der Waals surface area (Å²) in [4.78, 5) is 8.57. The molecule has 1 aromatic heterocycles. The van der Waals surface area contributed by atoms with Crippen molar-refractivity contribution in [2.24, 2.45) is 11.1 Å². The summed E-state index contributed by atoms with van der Waals surface area (Å²) in [5.41, 5.74) is 6.19. The minimum Gasteiger partial charge on any atom is -0.330 e. The SMILES string of the molecule is CC1(CN)CCN(Cc2cnc(C3CCC3)s2)C1.Cl. The summed E-state index contributed by atoms with van der Waals surface area (Å²) in [5.74, 6) is 0.775. The van der Waals surface area contributed by atoms with Gasteiger partial charge in [0.05, 0.1) is 5.01 Å². The third kappa shape index (κ3) is 3.30. The quantitative estimate of drug-likeness (QED) is 0.929. The van der Waals surface area contributed by atoms with E-state index in [4.69, 9.17) is 5.73 Å². The Hall–Kier alpha value is -0.160. The van der Waals surface area contributed by atoms with Crippen LogP contribution in [0.1, 0.15) is 48.4 Å². The number of nitrogens with zero attached hydrogens (tertiary/aromatic N) is 2. The molecule has 2 heterocycles. The van der Waals surface area contributed by atoms with Crippen molar-refractivity contribution in [3.05, 3.63) is 16.1 Å². The molecule has 3 nitrogen and oxygen atoms in total. The van der Waals surface area contributed by atoms with Gasteiger partial charge in [-0.05, 0) is 37.8 Å². The van der Waals surface area contributed by atoms with Crippen LogP contribution >= 0.6 is 23.7 Å².